The fourth-order valence-corrected chi connectivity index (χ4v) is 1.62. The number of hydrogen-bond acceptors (Lipinski definition) is 4. The molecule has 1 rings (SSSR count). The van der Waals surface area contributed by atoms with Crippen LogP contribution in [0, 0.1) is 0 Å². The molecule has 0 radical (unpaired) electrons. The van der Waals surface area contributed by atoms with Crippen molar-refractivity contribution >= 4 is 12.6 Å². The van der Waals surface area contributed by atoms with Gasteiger partial charge in [0.15, 0.2) is 6.29 Å². The molecule has 0 spiro atoms. The van der Waals surface area contributed by atoms with Gasteiger partial charge in [0.1, 0.15) is 0 Å². The van der Waals surface area contributed by atoms with Crippen molar-refractivity contribution < 1.29 is 14.2 Å². The van der Waals surface area contributed by atoms with Crippen LogP contribution in [0.4, 0.5) is 0 Å². The summed E-state index contributed by atoms with van der Waals surface area (Å²) in [5, 5.41) is 0. The zero-order chi connectivity index (χ0) is 10.8. The molecule has 0 aromatic heterocycles. The van der Waals surface area contributed by atoms with E-state index >= 15 is 0 Å². The van der Waals surface area contributed by atoms with Crippen molar-refractivity contribution in [3.8, 4) is 0 Å². The third-order valence-electron chi connectivity index (χ3n) is 2.32. The third-order valence-corrected chi connectivity index (χ3v) is 2.64. The largest absolute Gasteiger partial charge is 0.381 e. The average molecular weight is 234 g/mol. The smallest absolute Gasteiger partial charge is 0.157 e. The molecular formula is C11H22O3S. The van der Waals surface area contributed by atoms with Crippen molar-refractivity contribution in [2.45, 2.75) is 38.4 Å². The molecule has 4 heteroatoms. The highest BCUT2D eigenvalue weighted by atomic mass is 32.1. The quantitative estimate of drug-likeness (QED) is 0.515. The summed E-state index contributed by atoms with van der Waals surface area (Å²) in [5.41, 5.74) is 0. The first kappa shape index (κ1) is 13.3. The molecular weight excluding hydrogens is 212 g/mol. The van der Waals surface area contributed by atoms with Gasteiger partial charge in [-0.3, -0.25) is 0 Å². The molecule has 1 fully saturated rings. The molecule has 1 aliphatic rings. The number of rotatable bonds is 8. The summed E-state index contributed by atoms with van der Waals surface area (Å²) in [6.45, 7) is 3.18. The normalized spacial score (nSPS) is 21.8. The highest BCUT2D eigenvalue weighted by molar-refractivity contribution is 7.80. The van der Waals surface area contributed by atoms with E-state index in [4.69, 9.17) is 14.2 Å². The van der Waals surface area contributed by atoms with Gasteiger partial charge in [0.25, 0.3) is 0 Å². The van der Waals surface area contributed by atoms with Crippen molar-refractivity contribution in [2.75, 3.05) is 32.2 Å². The Labute approximate surface area is 97.9 Å². The van der Waals surface area contributed by atoms with Gasteiger partial charge < -0.3 is 14.2 Å². The van der Waals surface area contributed by atoms with Crippen LogP contribution in [-0.2, 0) is 14.2 Å². The highest BCUT2D eigenvalue weighted by Gasteiger charge is 2.13. The monoisotopic (exact) mass is 234 g/mol. The van der Waals surface area contributed by atoms with Crippen LogP contribution >= 0.6 is 12.6 Å². The van der Waals surface area contributed by atoms with Crippen molar-refractivity contribution in [2.24, 2.45) is 0 Å². The Morgan fingerprint density at radius 1 is 1.13 bits per heavy atom. The minimum atomic E-state index is 0.0381. The number of ether oxygens (including phenoxy) is 3. The fraction of sp³-hybridized carbons (Fsp3) is 1.00. The van der Waals surface area contributed by atoms with Crippen LogP contribution in [0.1, 0.15) is 32.1 Å². The van der Waals surface area contributed by atoms with E-state index in [1.807, 2.05) is 0 Å². The third kappa shape index (κ3) is 7.17. The van der Waals surface area contributed by atoms with E-state index in [2.05, 4.69) is 12.6 Å². The van der Waals surface area contributed by atoms with E-state index in [-0.39, 0.29) is 6.29 Å². The second kappa shape index (κ2) is 9.46. The van der Waals surface area contributed by atoms with E-state index < -0.39 is 0 Å². The van der Waals surface area contributed by atoms with Crippen LogP contribution < -0.4 is 0 Å². The van der Waals surface area contributed by atoms with Gasteiger partial charge in [0.05, 0.1) is 6.61 Å². The molecule has 0 aromatic rings. The van der Waals surface area contributed by atoms with Gasteiger partial charge in [-0.05, 0) is 37.9 Å². The summed E-state index contributed by atoms with van der Waals surface area (Å²) >= 11 is 4.11. The van der Waals surface area contributed by atoms with Gasteiger partial charge >= 0.3 is 0 Å². The Bertz CT molecular complexity index is 138. The number of hydrogen-bond donors (Lipinski definition) is 1. The molecule has 0 N–H and O–H groups in total. The van der Waals surface area contributed by atoms with Gasteiger partial charge in [-0.25, -0.2) is 0 Å². The van der Waals surface area contributed by atoms with Crippen molar-refractivity contribution in [1.29, 1.82) is 0 Å². The standard InChI is InChI=1S/C11H22O3S/c15-10-4-7-12-6-3-9-14-11-5-1-2-8-13-11/h11,15H,1-10H2. The minimum absolute atomic E-state index is 0.0381. The molecule has 90 valence electrons. The van der Waals surface area contributed by atoms with Gasteiger partial charge in [-0.15, -0.1) is 0 Å². The van der Waals surface area contributed by atoms with Crippen LogP contribution in [0.15, 0.2) is 0 Å². The van der Waals surface area contributed by atoms with Gasteiger partial charge in [-0.2, -0.15) is 12.6 Å². The van der Waals surface area contributed by atoms with Crippen LogP contribution in [0.5, 0.6) is 0 Å². The Balaban J connectivity index is 1.79. The lowest BCUT2D eigenvalue weighted by Gasteiger charge is -2.22. The maximum Gasteiger partial charge on any atom is 0.157 e. The topological polar surface area (TPSA) is 27.7 Å². The van der Waals surface area contributed by atoms with Gasteiger partial charge in [0, 0.05) is 19.8 Å². The van der Waals surface area contributed by atoms with Crippen LogP contribution in [0.2, 0.25) is 0 Å². The molecule has 0 aliphatic carbocycles. The fourth-order valence-electron chi connectivity index (χ4n) is 1.49. The summed E-state index contributed by atoms with van der Waals surface area (Å²) in [5.74, 6) is 0.895. The predicted molar refractivity (Wildman–Crippen MR) is 63.4 cm³/mol. The molecule has 0 bridgehead atoms. The van der Waals surface area contributed by atoms with E-state index in [0.29, 0.717) is 0 Å². The summed E-state index contributed by atoms with van der Waals surface area (Å²) in [6.07, 6.45) is 5.45. The SMILES string of the molecule is SCCCOCCCOC1CCCCO1. The maximum atomic E-state index is 5.57. The average Bonchev–Trinajstić information content (AvgIpc) is 2.29. The van der Waals surface area contributed by atoms with Crippen molar-refractivity contribution in [3.63, 3.8) is 0 Å². The Morgan fingerprint density at radius 2 is 2.00 bits per heavy atom. The summed E-state index contributed by atoms with van der Waals surface area (Å²) in [7, 11) is 0. The van der Waals surface area contributed by atoms with E-state index in [0.717, 1.165) is 51.4 Å². The molecule has 3 nitrogen and oxygen atoms in total. The lowest BCUT2D eigenvalue weighted by Crippen LogP contribution is -2.23. The molecule has 0 saturated carbocycles. The molecule has 15 heavy (non-hydrogen) atoms. The molecule has 1 aliphatic heterocycles. The predicted octanol–water partition coefficient (Wildman–Crippen LogP) is 2.26. The molecule has 1 atom stereocenters. The second-order valence-corrected chi connectivity index (χ2v) is 4.16. The Kier molecular flexibility index (Phi) is 8.38. The second-order valence-electron chi connectivity index (χ2n) is 3.71. The first-order valence-electron chi connectivity index (χ1n) is 5.85. The van der Waals surface area contributed by atoms with Crippen LogP contribution in [0.25, 0.3) is 0 Å². The van der Waals surface area contributed by atoms with Crippen LogP contribution in [-0.4, -0.2) is 38.5 Å². The van der Waals surface area contributed by atoms with Crippen LogP contribution in [0.3, 0.4) is 0 Å². The molecule has 0 aromatic carbocycles. The Morgan fingerprint density at radius 3 is 2.73 bits per heavy atom. The summed E-state index contributed by atoms with van der Waals surface area (Å²) < 4.78 is 16.4. The molecule has 0 amide bonds. The van der Waals surface area contributed by atoms with Gasteiger partial charge in [-0.1, -0.05) is 0 Å². The first-order valence-corrected chi connectivity index (χ1v) is 6.48. The molecule has 1 heterocycles. The minimum Gasteiger partial charge on any atom is -0.381 e. The van der Waals surface area contributed by atoms with Gasteiger partial charge in [0.2, 0.25) is 0 Å². The lowest BCUT2D eigenvalue weighted by atomic mass is 10.2. The zero-order valence-electron chi connectivity index (χ0n) is 9.32. The lowest BCUT2D eigenvalue weighted by molar-refractivity contribution is -0.164. The van der Waals surface area contributed by atoms with E-state index in [1.165, 1.54) is 12.8 Å². The zero-order valence-corrected chi connectivity index (χ0v) is 10.2. The molecule has 1 saturated heterocycles. The highest BCUT2D eigenvalue weighted by Crippen LogP contribution is 2.13. The number of thiol groups is 1. The first-order chi connectivity index (χ1) is 7.43. The Hall–Kier alpha value is 0.230. The van der Waals surface area contributed by atoms with Crippen molar-refractivity contribution in [3.05, 3.63) is 0 Å². The maximum absolute atomic E-state index is 5.57. The summed E-state index contributed by atoms with van der Waals surface area (Å²) in [4.78, 5) is 0. The van der Waals surface area contributed by atoms with E-state index in [1.54, 1.807) is 0 Å². The summed E-state index contributed by atoms with van der Waals surface area (Å²) in [6, 6.07) is 0. The van der Waals surface area contributed by atoms with Crippen molar-refractivity contribution in [1.82, 2.24) is 0 Å². The van der Waals surface area contributed by atoms with E-state index in [9.17, 15) is 0 Å². The molecule has 1 unspecified atom stereocenters.